The lowest BCUT2D eigenvalue weighted by Crippen LogP contribution is -2.46. The minimum Gasteiger partial charge on any atom is -0.314 e. The molecule has 1 heterocycles. The molecule has 1 unspecified atom stereocenters. The quantitative estimate of drug-likeness (QED) is 0.844. The Morgan fingerprint density at radius 1 is 1.39 bits per heavy atom. The van der Waals surface area contributed by atoms with Crippen LogP contribution in [0.2, 0.25) is 0 Å². The van der Waals surface area contributed by atoms with Crippen molar-refractivity contribution in [1.82, 2.24) is 15.5 Å². The van der Waals surface area contributed by atoms with E-state index in [-0.39, 0.29) is 11.9 Å². The van der Waals surface area contributed by atoms with Crippen molar-refractivity contribution >= 4 is 0 Å². The van der Waals surface area contributed by atoms with Crippen molar-refractivity contribution in [2.75, 3.05) is 39.8 Å². The van der Waals surface area contributed by atoms with E-state index < -0.39 is 0 Å². The number of hydrogen-bond donors (Lipinski definition) is 2. The zero-order valence-electron chi connectivity index (χ0n) is 11.2. The first-order valence-electron chi connectivity index (χ1n) is 6.57. The fraction of sp³-hybridized carbons (Fsp3) is 0.571. The molecule has 1 aromatic rings. The van der Waals surface area contributed by atoms with Crippen molar-refractivity contribution < 1.29 is 4.39 Å². The Morgan fingerprint density at radius 3 is 2.72 bits per heavy atom. The van der Waals surface area contributed by atoms with Gasteiger partial charge in [0.25, 0.3) is 0 Å². The second-order valence-electron chi connectivity index (χ2n) is 4.90. The van der Waals surface area contributed by atoms with Gasteiger partial charge in [-0.15, -0.1) is 0 Å². The number of rotatable bonds is 4. The number of likely N-dealkylation sites (N-methyl/N-ethyl adjacent to an activating group) is 1. The number of aryl methyl sites for hydroxylation is 1. The van der Waals surface area contributed by atoms with E-state index in [0.717, 1.165) is 38.3 Å². The minimum absolute atomic E-state index is 0.129. The van der Waals surface area contributed by atoms with Crippen LogP contribution >= 0.6 is 0 Å². The molecule has 1 aliphatic heterocycles. The molecule has 2 N–H and O–H groups in total. The third-order valence-corrected chi connectivity index (χ3v) is 3.58. The Balaban J connectivity index is 2.04. The predicted molar refractivity (Wildman–Crippen MR) is 72.2 cm³/mol. The maximum absolute atomic E-state index is 13.3. The molecule has 1 aliphatic rings. The van der Waals surface area contributed by atoms with Gasteiger partial charge in [0.1, 0.15) is 5.82 Å². The van der Waals surface area contributed by atoms with E-state index in [0.29, 0.717) is 5.56 Å². The summed E-state index contributed by atoms with van der Waals surface area (Å²) in [5.41, 5.74) is 1.88. The molecule has 0 aliphatic carbocycles. The molecule has 0 spiro atoms. The highest BCUT2D eigenvalue weighted by Gasteiger charge is 2.16. The van der Waals surface area contributed by atoms with Crippen molar-refractivity contribution in [1.29, 1.82) is 0 Å². The summed E-state index contributed by atoms with van der Waals surface area (Å²) in [4.78, 5) is 2.44. The monoisotopic (exact) mass is 251 g/mol. The summed E-state index contributed by atoms with van der Waals surface area (Å²) < 4.78 is 13.3. The zero-order valence-corrected chi connectivity index (χ0v) is 11.2. The summed E-state index contributed by atoms with van der Waals surface area (Å²) >= 11 is 0. The average molecular weight is 251 g/mol. The molecular weight excluding hydrogens is 229 g/mol. The highest BCUT2D eigenvalue weighted by molar-refractivity contribution is 5.26. The topological polar surface area (TPSA) is 27.3 Å². The first-order valence-corrected chi connectivity index (χ1v) is 6.57. The number of halogens is 1. The highest BCUT2D eigenvalue weighted by Crippen LogP contribution is 2.17. The summed E-state index contributed by atoms with van der Waals surface area (Å²) in [6, 6.07) is 5.65. The Kier molecular flexibility index (Phi) is 4.69. The summed E-state index contributed by atoms with van der Waals surface area (Å²) in [5, 5.41) is 6.68. The van der Waals surface area contributed by atoms with Gasteiger partial charge in [0.2, 0.25) is 0 Å². The maximum atomic E-state index is 13.3. The summed E-state index contributed by atoms with van der Waals surface area (Å²) in [7, 11) is 1.96. The van der Waals surface area contributed by atoms with Crippen molar-refractivity contribution in [2.24, 2.45) is 0 Å². The molecule has 4 heteroatoms. The highest BCUT2D eigenvalue weighted by atomic mass is 19.1. The Labute approximate surface area is 108 Å². The van der Waals surface area contributed by atoms with Crippen LogP contribution in [0.15, 0.2) is 18.2 Å². The zero-order chi connectivity index (χ0) is 13.0. The van der Waals surface area contributed by atoms with Crippen LogP contribution in [0.3, 0.4) is 0 Å². The van der Waals surface area contributed by atoms with Crippen LogP contribution in [0, 0.1) is 12.7 Å². The van der Waals surface area contributed by atoms with Crippen LogP contribution < -0.4 is 10.6 Å². The number of nitrogens with zero attached hydrogens (tertiary/aromatic N) is 1. The lowest BCUT2D eigenvalue weighted by Gasteiger charge is -2.31. The molecule has 0 bridgehead atoms. The lowest BCUT2D eigenvalue weighted by atomic mass is 10.0. The first-order chi connectivity index (χ1) is 8.70. The van der Waals surface area contributed by atoms with Crippen LogP contribution in [0.1, 0.15) is 17.2 Å². The SMILES string of the molecule is CNC(CN1CCNCC1)c1ccc(F)c(C)c1. The van der Waals surface area contributed by atoms with E-state index in [1.807, 2.05) is 26.1 Å². The predicted octanol–water partition coefficient (Wildman–Crippen LogP) is 1.30. The Morgan fingerprint density at radius 2 is 2.11 bits per heavy atom. The molecule has 1 atom stereocenters. The second-order valence-corrected chi connectivity index (χ2v) is 4.90. The van der Waals surface area contributed by atoms with Crippen molar-refractivity contribution in [3.8, 4) is 0 Å². The molecule has 1 fully saturated rings. The summed E-state index contributed by atoms with van der Waals surface area (Å²) in [6.07, 6.45) is 0. The van der Waals surface area contributed by atoms with Gasteiger partial charge in [-0.05, 0) is 31.2 Å². The normalized spacial score (nSPS) is 18.8. The Hall–Kier alpha value is -0.970. The molecule has 100 valence electrons. The van der Waals surface area contributed by atoms with Crippen molar-refractivity contribution in [2.45, 2.75) is 13.0 Å². The minimum atomic E-state index is -0.129. The molecule has 1 aromatic carbocycles. The standard InChI is InChI=1S/C14H22FN3/c1-11-9-12(3-4-13(11)15)14(16-2)10-18-7-5-17-6-8-18/h3-4,9,14,16-17H,5-8,10H2,1-2H3. The average Bonchev–Trinajstić information content (AvgIpc) is 2.40. The van der Waals surface area contributed by atoms with E-state index in [4.69, 9.17) is 0 Å². The molecule has 0 amide bonds. The number of benzene rings is 1. The molecule has 2 rings (SSSR count). The molecule has 0 radical (unpaired) electrons. The van der Waals surface area contributed by atoms with Gasteiger partial charge in [-0.25, -0.2) is 4.39 Å². The van der Waals surface area contributed by atoms with Gasteiger partial charge in [0.15, 0.2) is 0 Å². The van der Waals surface area contributed by atoms with Gasteiger partial charge in [-0.1, -0.05) is 12.1 Å². The van der Waals surface area contributed by atoms with Crippen LogP contribution in [0.5, 0.6) is 0 Å². The Bertz CT molecular complexity index is 389. The van der Waals surface area contributed by atoms with Crippen LogP contribution in [0.25, 0.3) is 0 Å². The molecule has 0 aromatic heterocycles. The van der Waals surface area contributed by atoms with Crippen LogP contribution in [-0.4, -0.2) is 44.7 Å². The largest absolute Gasteiger partial charge is 0.314 e. The van der Waals surface area contributed by atoms with Crippen LogP contribution in [-0.2, 0) is 0 Å². The van der Waals surface area contributed by atoms with E-state index >= 15 is 0 Å². The fourth-order valence-corrected chi connectivity index (χ4v) is 2.40. The summed E-state index contributed by atoms with van der Waals surface area (Å²) in [5.74, 6) is -0.129. The fourth-order valence-electron chi connectivity index (χ4n) is 2.40. The summed E-state index contributed by atoms with van der Waals surface area (Å²) in [6.45, 7) is 7.06. The third-order valence-electron chi connectivity index (χ3n) is 3.58. The molecule has 0 saturated carbocycles. The van der Waals surface area contributed by atoms with E-state index in [9.17, 15) is 4.39 Å². The van der Waals surface area contributed by atoms with Gasteiger partial charge in [0.05, 0.1) is 0 Å². The molecule has 3 nitrogen and oxygen atoms in total. The molecule has 1 saturated heterocycles. The number of nitrogens with one attached hydrogen (secondary N) is 2. The smallest absolute Gasteiger partial charge is 0.126 e. The molecule has 18 heavy (non-hydrogen) atoms. The molecular formula is C14H22FN3. The van der Waals surface area contributed by atoms with Crippen molar-refractivity contribution in [3.05, 3.63) is 35.1 Å². The third kappa shape index (κ3) is 3.28. The number of hydrogen-bond acceptors (Lipinski definition) is 3. The van der Waals surface area contributed by atoms with Crippen LogP contribution in [0.4, 0.5) is 4.39 Å². The van der Waals surface area contributed by atoms with Gasteiger partial charge in [-0.2, -0.15) is 0 Å². The second kappa shape index (κ2) is 6.27. The van der Waals surface area contributed by atoms with Gasteiger partial charge < -0.3 is 10.6 Å². The first kappa shape index (κ1) is 13.5. The van der Waals surface area contributed by atoms with Gasteiger partial charge in [0, 0.05) is 38.8 Å². The van der Waals surface area contributed by atoms with Gasteiger partial charge >= 0.3 is 0 Å². The van der Waals surface area contributed by atoms with Crippen molar-refractivity contribution in [3.63, 3.8) is 0 Å². The lowest BCUT2D eigenvalue weighted by molar-refractivity contribution is 0.219. The number of piperazine rings is 1. The van der Waals surface area contributed by atoms with E-state index in [2.05, 4.69) is 15.5 Å². The maximum Gasteiger partial charge on any atom is 0.126 e. The van der Waals surface area contributed by atoms with E-state index in [1.165, 1.54) is 0 Å². The van der Waals surface area contributed by atoms with E-state index in [1.54, 1.807) is 6.07 Å². The van der Waals surface area contributed by atoms with Gasteiger partial charge in [-0.3, -0.25) is 4.90 Å².